The fourth-order valence-corrected chi connectivity index (χ4v) is 4.18. The van der Waals surface area contributed by atoms with Crippen molar-refractivity contribution in [2.45, 2.75) is 51.3 Å². The van der Waals surface area contributed by atoms with E-state index in [1.54, 1.807) is 11.0 Å². The number of amides is 2. The van der Waals surface area contributed by atoms with E-state index in [2.05, 4.69) is 21.9 Å². The number of rotatable bonds is 10. The third-order valence-electron chi connectivity index (χ3n) is 5.84. The maximum Gasteiger partial charge on any atom is 0.387 e. The number of hydrogen-bond donors (Lipinski definition) is 1. The third kappa shape index (κ3) is 6.87. The first-order valence-electron chi connectivity index (χ1n) is 10.9. The second-order valence-electron chi connectivity index (χ2n) is 8.11. The third-order valence-corrected chi connectivity index (χ3v) is 5.84. The minimum Gasteiger partial charge on any atom is -0.435 e. The molecule has 2 unspecified atom stereocenters. The van der Waals surface area contributed by atoms with Crippen molar-refractivity contribution >= 4 is 11.8 Å². The summed E-state index contributed by atoms with van der Waals surface area (Å²) in [5.74, 6) is -0.516. The quantitative estimate of drug-likeness (QED) is 0.607. The van der Waals surface area contributed by atoms with Crippen LogP contribution in [0.1, 0.15) is 43.0 Å². The minimum atomic E-state index is -2.94. The van der Waals surface area contributed by atoms with Gasteiger partial charge in [0.2, 0.25) is 5.91 Å². The molecule has 0 aliphatic carbocycles. The van der Waals surface area contributed by atoms with E-state index in [0.29, 0.717) is 25.7 Å². The maximum atomic E-state index is 12.9. The molecule has 2 saturated heterocycles. The predicted octanol–water partition coefficient (Wildman–Crippen LogP) is 2.51. The van der Waals surface area contributed by atoms with Crippen molar-refractivity contribution in [3.8, 4) is 5.75 Å². The van der Waals surface area contributed by atoms with Gasteiger partial charge in [0.15, 0.2) is 0 Å². The molecule has 1 N–H and O–H groups in total. The highest BCUT2D eigenvalue weighted by atomic mass is 19.3. The van der Waals surface area contributed by atoms with Gasteiger partial charge in [0, 0.05) is 30.7 Å². The highest BCUT2D eigenvalue weighted by molar-refractivity contribution is 5.95. The summed E-state index contributed by atoms with van der Waals surface area (Å²) in [4.78, 5) is 29.1. The van der Waals surface area contributed by atoms with Crippen LogP contribution in [0.4, 0.5) is 8.78 Å². The van der Waals surface area contributed by atoms with E-state index >= 15 is 0 Å². The first kappa shape index (κ1) is 23.4. The zero-order chi connectivity index (χ0) is 22.2. The molecule has 2 amide bonds. The number of hydrogen-bond acceptors (Lipinski definition) is 5. The molecule has 172 valence electrons. The van der Waals surface area contributed by atoms with Crippen molar-refractivity contribution in [1.29, 1.82) is 0 Å². The summed E-state index contributed by atoms with van der Waals surface area (Å²) in [6.45, 7) is 2.72. The lowest BCUT2D eigenvalue weighted by Crippen LogP contribution is -2.44. The Labute approximate surface area is 181 Å². The molecule has 1 aromatic carbocycles. The molecule has 2 aliphatic heterocycles. The molecule has 7 nitrogen and oxygen atoms in total. The number of ether oxygens (including phenoxy) is 2. The van der Waals surface area contributed by atoms with Gasteiger partial charge in [-0.15, -0.1) is 0 Å². The lowest BCUT2D eigenvalue weighted by atomic mass is 10.1. The Morgan fingerprint density at radius 2 is 1.97 bits per heavy atom. The largest absolute Gasteiger partial charge is 0.435 e. The van der Waals surface area contributed by atoms with E-state index in [9.17, 15) is 18.4 Å². The van der Waals surface area contributed by atoms with Gasteiger partial charge in [-0.1, -0.05) is 6.07 Å². The zero-order valence-electron chi connectivity index (χ0n) is 17.9. The fraction of sp³-hybridized carbons (Fsp3) is 0.636. The summed E-state index contributed by atoms with van der Waals surface area (Å²) < 4.78 is 34.8. The minimum absolute atomic E-state index is 0.00808. The number of alkyl halides is 2. The van der Waals surface area contributed by atoms with Gasteiger partial charge in [-0.2, -0.15) is 8.78 Å². The Balaban J connectivity index is 1.43. The van der Waals surface area contributed by atoms with Crippen molar-refractivity contribution in [2.24, 2.45) is 0 Å². The van der Waals surface area contributed by atoms with Gasteiger partial charge in [-0.05, 0) is 63.9 Å². The van der Waals surface area contributed by atoms with Crippen LogP contribution in [0.25, 0.3) is 0 Å². The second kappa shape index (κ2) is 11.4. The smallest absolute Gasteiger partial charge is 0.387 e. The number of carbonyl (C=O) groups is 2. The Bertz CT molecular complexity index is 743. The van der Waals surface area contributed by atoms with Crippen molar-refractivity contribution in [3.05, 3.63) is 29.8 Å². The molecule has 9 heteroatoms. The van der Waals surface area contributed by atoms with E-state index in [0.717, 1.165) is 25.9 Å². The molecular formula is C22H31F2N3O4. The monoisotopic (exact) mass is 439 g/mol. The molecule has 2 atom stereocenters. The summed E-state index contributed by atoms with van der Waals surface area (Å²) in [6.07, 6.45) is 4.02. The number of carbonyl (C=O) groups excluding carboxylic acids is 2. The lowest BCUT2D eigenvalue weighted by molar-refractivity contribution is -0.126. The number of benzene rings is 1. The second-order valence-corrected chi connectivity index (χ2v) is 8.11. The number of halogens is 2. The van der Waals surface area contributed by atoms with Gasteiger partial charge >= 0.3 is 6.61 Å². The molecule has 0 aromatic heterocycles. The van der Waals surface area contributed by atoms with E-state index in [4.69, 9.17) is 4.74 Å². The molecule has 0 radical (unpaired) electrons. The van der Waals surface area contributed by atoms with Crippen LogP contribution in [0.3, 0.4) is 0 Å². The van der Waals surface area contributed by atoms with E-state index in [-0.39, 0.29) is 35.8 Å². The molecule has 0 spiro atoms. The standard InChI is InChI=1S/C22H31F2N3O4/c1-16(26-9-2-3-10-26)14-30-15-20(28)25-13-18-7-5-11-27(18)21(29)17-6-4-8-19(12-17)31-22(23)24/h4,6,8,12,16,18,22H,2-3,5,7,9-11,13-15H2,1H3,(H,25,28). The lowest BCUT2D eigenvalue weighted by Gasteiger charge is -2.25. The van der Waals surface area contributed by atoms with Gasteiger partial charge < -0.3 is 19.7 Å². The molecular weight excluding hydrogens is 408 g/mol. The van der Waals surface area contributed by atoms with Crippen molar-refractivity contribution in [3.63, 3.8) is 0 Å². The SMILES string of the molecule is CC(COCC(=O)NCC1CCCN1C(=O)c1cccc(OC(F)F)c1)N1CCCC1. The summed E-state index contributed by atoms with van der Waals surface area (Å²) >= 11 is 0. The van der Waals surface area contributed by atoms with Crippen LogP contribution in [0.5, 0.6) is 5.75 Å². The van der Waals surface area contributed by atoms with Crippen LogP contribution in [0.15, 0.2) is 24.3 Å². The molecule has 2 heterocycles. The molecule has 3 rings (SSSR count). The zero-order valence-corrected chi connectivity index (χ0v) is 17.9. The van der Waals surface area contributed by atoms with E-state index in [1.165, 1.54) is 31.0 Å². The van der Waals surface area contributed by atoms with Gasteiger partial charge in [0.1, 0.15) is 12.4 Å². The fourth-order valence-electron chi connectivity index (χ4n) is 4.18. The Morgan fingerprint density at radius 3 is 2.71 bits per heavy atom. The Kier molecular flexibility index (Phi) is 8.60. The van der Waals surface area contributed by atoms with Crippen LogP contribution in [-0.2, 0) is 9.53 Å². The van der Waals surface area contributed by atoms with Crippen LogP contribution in [-0.4, -0.2) is 79.7 Å². The highest BCUT2D eigenvalue weighted by Crippen LogP contribution is 2.22. The van der Waals surface area contributed by atoms with Crippen LogP contribution in [0, 0.1) is 0 Å². The average molecular weight is 440 g/mol. The van der Waals surface area contributed by atoms with Crippen molar-refractivity contribution < 1.29 is 27.8 Å². The molecule has 1 aromatic rings. The first-order chi connectivity index (χ1) is 14.9. The molecule has 31 heavy (non-hydrogen) atoms. The maximum absolute atomic E-state index is 12.9. The Morgan fingerprint density at radius 1 is 1.19 bits per heavy atom. The average Bonchev–Trinajstić information content (AvgIpc) is 3.43. The molecule has 2 aliphatic rings. The van der Waals surface area contributed by atoms with Crippen LogP contribution < -0.4 is 10.1 Å². The highest BCUT2D eigenvalue weighted by Gasteiger charge is 2.30. The van der Waals surface area contributed by atoms with Crippen LogP contribution in [0.2, 0.25) is 0 Å². The van der Waals surface area contributed by atoms with Gasteiger partial charge in [0.05, 0.1) is 6.61 Å². The first-order valence-corrected chi connectivity index (χ1v) is 10.9. The van der Waals surface area contributed by atoms with Crippen molar-refractivity contribution in [1.82, 2.24) is 15.1 Å². The molecule has 2 fully saturated rings. The van der Waals surface area contributed by atoms with Crippen LogP contribution >= 0.6 is 0 Å². The molecule has 0 saturated carbocycles. The van der Waals surface area contributed by atoms with Gasteiger partial charge in [-0.3, -0.25) is 14.5 Å². The summed E-state index contributed by atoms with van der Waals surface area (Å²) in [5, 5.41) is 2.85. The van der Waals surface area contributed by atoms with E-state index < -0.39 is 6.61 Å². The number of likely N-dealkylation sites (tertiary alicyclic amines) is 2. The summed E-state index contributed by atoms with van der Waals surface area (Å²) in [6, 6.07) is 5.94. The topological polar surface area (TPSA) is 71.1 Å². The number of nitrogens with one attached hydrogen (secondary N) is 1. The van der Waals surface area contributed by atoms with Crippen molar-refractivity contribution in [2.75, 3.05) is 39.4 Å². The Hall–Kier alpha value is -2.26. The summed E-state index contributed by atoms with van der Waals surface area (Å²) in [7, 11) is 0. The van der Waals surface area contributed by atoms with Gasteiger partial charge in [0.25, 0.3) is 5.91 Å². The van der Waals surface area contributed by atoms with Gasteiger partial charge in [-0.25, -0.2) is 0 Å². The van der Waals surface area contributed by atoms with E-state index in [1.807, 2.05) is 0 Å². The molecule has 0 bridgehead atoms. The predicted molar refractivity (Wildman–Crippen MR) is 111 cm³/mol. The number of nitrogens with zero attached hydrogens (tertiary/aromatic N) is 2. The normalized spacial score (nSPS) is 20.3. The summed E-state index contributed by atoms with van der Waals surface area (Å²) in [5.41, 5.74) is 0.288.